The van der Waals surface area contributed by atoms with Gasteiger partial charge in [-0.3, -0.25) is 14.9 Å². The minimum Gasteiger partial charge on any atom is -0.345 e. The van der Waals surface area contributed by atoms with Crippen LogP contribution >= 0.6 is 11.3 Å². The van der Waals surface area contributed by atoms with Gasteiger partial charge in [0.25, 0.3) is 5.91 Å². The van der Waals surface area contributed by atoms with Crippen molar-refractivity contribution in [2.24, 2.45) is 5.92 Å². The van der Waals surface area contributed by atoms with E-state index in [2.05, 4.69) is 31.3 Å². The molecule has 1 unspecified atom stereocenters. The summed E-state index contributed by atoms with van der Waals surface area (Å²) in [6, 6.07) is 10.9. The SMILES string of the molecule is CC(C)Cc1ccc(C(C)NC(=O)c2ccc([N+](=O)[O-])s2)cc1. The highest BCUT2D eigenvalue weighted by molar-refractivity contribution is 7.17. The van der Waals surface area contributed by atoms with Gasteiger partial charge in [-0.15, -0.1) is 0 Å². The number of hydrogen-bond acceptors (Lipinski definition) is 4. The molecule has 0 radical (unpaired) electrons. The molecule has 1 atom stereocenters. The van der Waals surface area contributed by atoms with Crippen LogP contribution in [0.4, 0.5) is 5.00 Å². The van der Waals surface area contributed by atoms with Gasteiger partial charge in [0, 0.05) is 6.07 Å². The van der Waals surface area contributed by atoms with E-state index >= 15 is 0 Å². The maximum Gasteiger partial charge on any atom is 0.324 e. The average molecular weight is 332 g/mol. The van der Waals surface area contributed by atoms with Gasteiger partial charge in [0.1, 0.15) is 0 Å². The number of thiophene rings is 1. The van der Waals surface area contributed by atoms with Crippen LogP contribution < -0.4 is 5.32 Å². The summed E-state index contributed by atoms with van der Waals surface area (Å²) in [7, 11) is 0. The number of hydrogen-bond donors (Lipinski definition) is 1. The smallest absolute Gasteiger partial charge is 0.324 e. The van der Waals surface area contributed by atoms with Gasteiger partial charge in [0.2, 0.25) is 0 Å². The normalized spacial score (nSPS) is 12.2. The zero-order valence-corrected chi connectivity index (χ0v) is 14.2. The Morgan fingerprint density at radius 2 is 1.83 bits per heavy atom. The van der Waals surface area contributed by atoms with Gasteiger partial charge in [0.05, 0.1) is 15.8 Å². The van der Waals surface area contributed by atoms with Crippen molar-refractivity contribution < 1.29 is 9.72 Å². The highest BCUT2D eigenvalue weighted by Crippen LogP contribution is 2.24. The van der Waals surface area contributed by atoms with Crippen molar-refractivity contribution >= 4 is 22.2 Å². The zero-order valence-electron chi connectivity index (χ0n) is 13.4. The molecule has 2 rings (SSSR count). The number of nitrogens with zero attached hydrogens (tertiary/aromatic N) is 1. The lowest BCUT2D eigenvalue weighted by Crippen LogP contribution is -2.25. The Bertz CT molecular complexity index is 692. The largest absolute Gasteiger partial charge is 0.345 e. The second-order valence-electron chi connectivity index (χ2n) is 5.93. The predicted octanol–water partition coefficient (Wildman–Crippen LogP) is 4.35. The molecular formula is C17H20N2O3S. The van der Waals surface area contributed by atoms with Crippen LogP contribution in [0.3, 0.4) is 0 Å². The first-order valence-electron chi connectivity index (χ1n) is 7.50. The first-order chi connectivity index (χ1) is 10.9. The summed E-state index contributed by atoms with van der Waals surface area (Å²) >= 11 is 0.884. The second-order valence-corrected chi connectivity index (χ2v) is 6.99. The van der Waals surface area contributed by atoms with Crippen LogP contribution in [0.25, 0.3) is 0 Å². The van der Waals surface area contributed by atoms with Crippen LogP contribution in [0, 0.1) is 16.0 Å². The fourth-order valence-electron chi connectivity index (χ4n) is 2.31. The molecule has 0 aliphatic rings. The first kappa shape index (κ1) is 17.1. The third-order valence-electron chi connectivity index (χ3n) is 3.47. The Morgan fingerprint density at radius 1 is 1.17 bits per heavy atom. The molecule has 1 heterocycles. The summed E-state index contributed by atoms with van der Waals surface area (Å²) in [5, 5.41) is 13.5. The van der Waals surface area contributed by atoms with Crippen molar-refractivity contribution in [3.8, 4) is 0 Å². The maximum atomic E-state index is 12.2. The van der Waals surface area contributed by atoms with Crippen molar-refractivity contribution in [2.75, 3.05) is 0 Å². The lowest BCUT2D eigenvalue weighted by molar-refractivity contribution is -0.380. The fourth-order valence-corrected chi connectivity index (χ4v) is 3.04. The Morgan fingerprint density at radius 3 is 2.35 bits per heavy atom. The van der Waals surface area contributed by atoms with Gasteiger partial charge in [-0.25, -0.2) is 0 Å². The highest BCUT2D eigenvalue weighted by atomic mass is 32.1. The summed E-state index contributed by atoms with van der Waals surface area (Å²) in [5.74, 6) is 0.314. The lowest BCUT2D eigenvalue weighted by atomic mass is 10.00. The molecule has 0 saturated heterocycles. The van der Waals surface area contributed by atoms with Crippen molar-refractivity contribution in [1.29, 1.82) is 0 Å². The topological polar surface area (TPSA) is 72.2 Å². The van der Waals surface area contributed by atoms with E-state index < -0.39 is 4.92 Å². The van der Waals surface area contributed by atoms with Crippen LogP contribution in [0.5, 0.6) is 0 Å². The molecular weight excluding hydrogens is 312 g/mol. The standard InChI is InChI=1S/C17H20N2O3S/c1-11(2)10-13-4-6-14(7-5-13)12(3)18-17(20)15-8-9-16(23-15)19(21)22/h4-9,11-12H,10H2,1-3H3,(H,18,20). The molecule has 122 valence electrons. The number of benzene rings is 1. The number of nitrogens with one attached hydrogen (secondary N) is 1. The molecule has 0 spiro atoms. The maximum absolute atomic E-state index is 12.2. The Labute approximate surface area is 139 Å². The lowest BCUT2D eigenvalue weighted by Gasteiger charge is -2.14. The molecule has 0 aliphatic heterocycles. The summed E-state index contributed by atoms with van der Waals surface area (Å²) < 4.78 is 0. The van der Waals surface area contributed by atoms with E-state index in [-0.39, 0.29) is 17.0 Å². The van der Waals surface area contributed by atoms with Gasteiger partial charge >= 0.3 is 5.00 Å². The Balaban J connectivity index is 2.01. The molecule has 0 bridgehead atoms. The van der Waals surface area contributed by atoms with Crippen LogP contribution in [0.1, 0.15) is 47.6 Å². The van der Waals surface area contributed by atoms with Gasteiger partial charge in [-0.1, -0.05) is 49.4 Å². The molecule has 1 aromatic carbocycles. The Hall–Kier alpha value is -2.21. The summed E-state index contributed by atoms with van der Waals surface area (Å²) in [4.78, 5) is 22.7. The quantitative estimate of drug-likeness (QED) is 0.631. The molecule has 5 nitrogen and oxygen atoms in total. The summed E-state index contributed by atoms with van der Waals surface area (Å²) in [5.41, 5.74) is 2.29. The third kappa shape index (κ3) is 4.63. The van der Waals surface area contributed by atoms with E-state index in [1.807, 2.05) is 19.1 Å². The van der Waals surface area contributed by atoms with E-state index in [1.54, 1.807) is 0 Å². The fraction of sp³-hybridized carbons (Fsp3) is 0.353. The van der Waals surface area contributed by atoms with Crippen LogP contribution in [0.15, 0.2) is 36.4 Å². The van der Waals surface area contributed by atoms with E-state index in [0.717, 1.165) is 23.3 Å². The van der Waals surface area contributed by atoms with Crippen molar-refractivity contribution in [3.05, 3.63) is 62.5 Å². The predicted molar refractivity (Wildman–Crippen MR) is 91.8 cm³/mol. The monoisotopic (exact) mass is 332 g/mol. The number of nitro groups is 1. The van der Waals surface area contributed by atoms with E-state index in [0.29, 0.717) is 10.8 Å². The molecule has 0 saturated carbocycles. The van der Waals surface area contributed by atoms with Crippen molar-refractivity contribution in [2.45, 2.75) is 33.2 Å². The number of carbonyl (C=O) groups excluding carboxylic acids is 1. The van der Waals surface area contributed by atoms with Gasteiger partial charge in [-0.2, -0.15) is 0 Å². The first-order valence-corrected chi connectivity index (χ1v) is 8.32. The van der Waals surface area contributed by atoms with E-state index in [4.69, 9.17) is 0 Å². The zero-order chi connectivity index (χ0) is 17.0. The minimum atomic E-state index is -0.488. The van der Waals surface area contributed by atoms with Crippen LogP contribution in [0.2, 0.25) is 0 Å². The van der Waals surface area contributed by atoms with E-state index in [1.165, 1.54) is 17.7 Å². The molecule has 1 aromatic heterocycles. The highest BCUT2D eigenvalue weighted by Gasteiger charge is 2.17. The van der Waals surface area contributed by atoms with Crippen molar-refractivity contribution in [1.82, 2.24) is 5.32 Å². The van der Waals surface area contributed by atoms with Crippen LogP contribution in [-0.4, -0.2) is 10.8 Å². The number of carbonyl (C=O) groups is 1. The third-order valence-corrected chi connectivity index (χ3v) is 4.50. The summed E-state index contributed by atoms with van der Waals surface area (Å²) in [6.45, 7) is 6.26. The average Bonchev–Trinajstić information content (AvgIpc) is 2.97. The summed E-state index contributed by atoms with van der Waals surface area (Å²) in [6.07, 6.45) is 1.03. The van der Waals surface area contributed by atoms with Gasteiger partial charge in [0.15, 0.2) is 0 Å². The Kier molecular flexibility index (Phi) is 5.50. The molecule has 1 amide bonds. The number of rotatable bonds is 6. The molecule has 0 fully saturated rings. The number of amides is 1. The van der Waals surface area contributed by atoms with Gasteiger partial charge in [-0.05, 0) is 36.5 Å². The molecule has 23 heavy (non-hydrogen) atoms. The molecule has 2 aromatic rings. The molecule has 1 N–H and O–H groups in total. The minimum absolute atomic E-state index is 0.0270. The van der Waals surface area contributed by atoms with Crippen molar-refractivity contribution in [3.63, 3.8) is 0 Å². The molecule has 0 aliphatic carbocycles. The van der Waals surface area contributed by atoms with E-state index in [9.17, 15) is 14.9 Å². The molecule has 6 heteroatoms. The van der Waals surface area contributed by atoms with Gasteiger partial charge < -0.3 is 5.32 Å². The van der Waals surface area contributed by atoms with Crippen LogP contribution in [-0.2, 0) is 6.42 Å². The second kappa shape index (κ2) is 7.37.